The molecule has 1 aliphatic carbocycles. The first-order valence-electron chi connectivity index (χ1n) is 6.75. The highest BCUT2D eigenvalue weighted by atomic mass is 15.1. The van der Waals surface area contributed by atoms with E-state index in [1.165, 1.54) is 25.7 Å². The van der Waals surface area contributed by atoms with E-state index in [9.17, 15) is 0 Å². The fourth-order valence-electron chi connectivity index (χ4n) is 2.81. The summed E-state index contributed by atoms with van der Waals surface area (Å²) in [6.07, 6.45) is 10.4. The molecule has 2 N–H and O–H groups in total. The number of hydrogen-bond acceptors (Lipinski definition) is 2. The van der Waals surface area contributed by atoms with Gasteiger partial charge in [0.05, 0.1) is 12.2 Å². The molecule has 1 fully saturated rings. The topological polar surface area (TPSA) is 43.8 Å². The largest absolute Gasteiger partial charge is 0.384 e. The summed E-state index contributed by atoms with van der Waals surface area (Å²) in [6.45, 7) is 6.97. The van der Waals surface area contributed by atoms with E-state index in [-0.39, 0.29) is 5.41 Å². The van der Waals surface area contributed by atoms with Crippen LogP contribution in [0.3, 0.4) is 0 Å². The maximum absolute atomic E-state index is 6.27. The molecule has 0 unspecified atom stereocenters. The highest BCUT2D eigenvalue weighted by Crippen LogP contribution is 2.38. The van der Waals surface area contributed by atoms with Crippen molar-refractivity contribution in [2.45, 2.75) is 64.3 Å². The molecule has 0 amide bonds. The number of terminal acetylenes is 1. The Morgan fingerprint density at radius 3 is 2.50 bits per heavy atom. The molecule has 1 heterocycles. The van der Waals surface area contributed by atoms with Gasteiger partial charge in [-0.1, -0.05) is 39.5 Å². The second-order valence-electron chi connectivity index (χ2n) is 6.23. The first-order valence-corrected chi connectivity index (χ1v) is 6.75. The molecule has 0 bridgehead atoms. The normalized spacial score (nSPS) is 17.0. The molecular formula is C15H23N3. The van der Waals surface area contributed by atoms with Crippen molar-refractivity contribution in [1.29, 1.82) is 0 Å². The SMILES string of the molecule is C#CCn1c(C(C)(C)C)nc(C2CCCC2)c1N. The van der Waals surface area contributed by atoms with Gasteiger partial charge in [-0.05, 0) is 12.8 Å². The minimum atomic E-state index is -0.0260. The number of imidazole rings is 1. The Kier molecular flexibility index (Phi) is 3.38. The summed E-state index contributed by atoms with van der Waals surface area (Å²) >= 11 is 0. The summed E-state index contributed by atoms with van der Waals surface area (Å²) < 4.78 is 2.01. The number of nitrogens with two attached hydrogens (primary N) is 1. The van der Waals surface area contributed by atoms with Gasteiger partial charge in [-0.15, -0.1) is 6.42 Å². The standard InChI is InChI=1S/C15H23N3/c1-5-10-18-13(16)12(11-8-6-7-9-11)17-14(18)15(2,3)4/h1,11H,6-10,16H2,2-4H3. The van der Waals surface area contributed by atoms with Gasteiger partial charge in [-0.2, -0.15) is 0 Å². The fourth-order valence-corrected chi connectivity index (χ4v) is 2.81. The average Bonchev–Trinajstić information content (AvgIpc) is 2.87. The highest BCUT2D eigenvalue weighted by molar-refractivity contribution is 5.42. The Balaban J connectivity index is 2.47. The fraction of sp³-hybridized carbons (Fsp3) is 0.667. The molecule has 98 valence electrons. The molecule has 0 saturated heterocycles. The molecule has 0 atom stereocenters. The molecule has 2 rings (SSSR count). The lowest BCUT2D eigenvalue weighted by Gasteiger charge is -2.19. The molecule has 3 heteroatoms. The van der Waals surface area contributed by atoms with E-state index in [2.05, 4.69) is 26.7 Å². The van der Waals surface area contributed by atoms with Crippen LogP contribution >= 0.6 is 0 Å². The van der Waals surface area contributed by atoms with Crippen molar-refractivity contribution in [2.75, 3.05) is 5.73 Å². The molecule has 0 spiro atoms. The van der Waals surface area contributed by atoms with Gasteiger partial charge in [0.2, 0.25) is 0 Å². The maximum Gasteiger partial charge on any atom is 0.127 e. The van der Waals surface area contributed by atoms with Crippen LogP contribution in [0, 0.1) is 12.3 Å². The van der Waals surface area contributed by atoms with Crippen LogP contribution in [0.2, 0.25) is 0 Å². The van der Waals surface area contributed by atoms with E-state index in [1.54, 1.807) is 0 Å². The Bertz CT molecular complexity index is 465. The van der Waals surface area contributed by atoms with E-state index in [0.717, 1.165) is 17.3 Å². The summed E-state index contributed by atoms with van der Waals surface area (Å²) in [5.74, 6) is 5.01. The van der Waals surface area contributed by atoms with E-state index < -0.39 is 0 Å². The van der Waals surface area contributed by atoms with Crippen LogP contribution in [0.1, 0.15) is 63.9 Å². The average molecular weight is 245 g/mol. The minimum absolute atomic E-state index is 0.0260. The zero-order valence-corrected chi connectivity index (χ0v) is 11.7. The van der Waals surface area contributed by atoms with Gasteiger partial charge in [-0.25, -0.2) is 4.98 Å². The molecule has 1 aromatic rings. The summed E-state index contributed by atoms with van der Waals surface area (Å²) in [4.78, 5) is 4.82. The number of nitrogens with zero attached hydrogens (tertiary/aromatic N) is 2. The van der Waals surface area contributed by atoms with Crippen molar-refractivity contribution < 1.29 is 0 Å². The third-order valence-corrected chi connectivity index (χ3v) is 3.70. The van der Waals surface area contributed by atoms with Crippen molar-refractivity contribution in [2.24, 2.45) is 0 Å². The van der Waals surface area contributed by atoms with Gasteiger partial charge in [0.15, 0.2) is 0 Å². The molecule has 1 aromatic heterocycles. The predicted octanol–water partition coefficient (Wildman–Crippen LogP) is 3.05. The molecule has 3 nitrogen and oxygen atoms in total. The third kappa shape index (κ3) is 2.25. The first-order chi connectivity index (χ1) is 8.45. The van der Waals surface area contributed by atoms with E-state index >= 15 is 0 Å². The van der Waals surface area contributed by atoms with Crippen LogP contribution in [0.25, 0.3) is 0 Å². The Morgan fingerprint density at radius 1 is 1.39 bits per heavy atom. The minimum Gasteiger partial charge on any atom is -0.384 e. The van der Waals surface area contributed by atoms with Gasteiger partial charge in [-0.3, -0.25) is 0 Å². The summed E-state index contributed by atoms with van der Waals surface area (Å²) in [7, 11) is 0. The van der Waals surface area contributed by atoms with Crippen LogP contribution < -0.4 is 5.73 Å². The van der Waals surface area contributed by atoms with E-state index in [1.807, 2.05) is 4.57 Å². The van der Waals surface area contributed by atoms with Crippen LogP contribution in [0.15, 0.2) is 0 Å². The van der Waals surface area contributed by atoms with Crippen LogP contribution in [-0.4, -0.2) is 9.55 Å². The summed E-state index contributed by atoms with van der Waals surface area (Å²) in [6, 6.07) is 0. The zero-order valence-electron chi connectivity index (χ0n) is 11.7. The highest BCUT2D eigenvalue weighted by Gasteiger charge is 2.29. The lowest BCUT2D eigenvalue weighted by atomic mass is 9.95. The van der Waals surface area contributed by atoms with Crippen molar-refractivity contribution in [1.82, 2.24) is 9.55 Å². The van der Waals surface area contributed by atoms with Gasteiger partial charge < -0.3 is 10.3 Å². The number of hydrogen-bond donors (Lipinski definition) is 1. The third-order valence-electron chi connectivity index (χ3n) is 3.70. The maximum atomic E-state index is 6.27. The first kappa shape index (κ1) is 13.0. The van der Waals surface area contributed by atoms with Gasteiger partial charge in [0, 0.05) is 11.3 Å². The van der Waals surface area contributed by atoms with Crippen LogP contribution in [0.4, 0.5) is 5.82 Å². The van der Waals surface area contributed by atoms with E-state index in [4.69, 9.17) is 17.1 Å². The molecule has 0 radical (unpaired) electrons. The zero-order chi connectivity index (χ0) is 13.3. The lowest BCUT2D eigenvalue weighted by Crippen LogP contribution is -2.19. The quantitative estimate of drug-likeness (QED) is 0.814. The molecule has 1 saturated carbocycles. The second kappa shape index (κ2) is 4.68. The lowest BCUT2D eigenvalue weighted by molar-refractivity contribution is 0.515. The van der Waals surface area contributed by atoms with Gasteiger partial charge in [0.25, 0.3) is 0 Å². The van der Waals surface area contributed by atoms with Crippen molar-refractivity contribution >= 4 is 5.82 Å². The van der Waals surface area contributed by atoms with Crippen molar-refractivity contribution in [3.8, 4) is 12.3 Å². The Morgan fingerprint density at radius 2 is 2.00 bits per heavy atom. The summed E-state index contributed by atoms with van der Waals surface area (Å²) in [5.41, 5.74) is 7.32. The monoisotopic (exact) mass is 245 g/mol. The Hall–Kier alpha value is -1.43. The van der Waals surface area contributed by atoms with E-state index in [0.29, 0.717) is 12.5 Å². The van der Waals surface area contributed by atoms with Crippen molar-refractivity contribution in [3.63, 3.8) is 0 Å². The second-order valence-corrected chi connectivity index (χ2v) is 6.23. The molecular weight excluding hydrogens is 222 g/mol. The Labute approximate surface area is 110 Å². The number of anilines is 1. The number of aromatic nitrogens is 2. The smallest absolute Gasteiger partial charge is 0.127 e. The van der Waals surface area contributed by atoms with Crippen molar-refractivity contribution in [3.05, 3.63) is 11.5 Å². The van der Waals surface area contributed by atoms with Crippen LogP contribution in [-0.2, 0) is 12.0 Å². The van der Waals surface area contributed by atoms with Crippen LogP contribution in [0.5, 0.6) is 0 Å². The molecule has 18 heavy (non-hydrogen) atoms. The number of nitrogen functional groups attached to an aromatic ring is 1. The molecule has 0 aromatic carbocycles. The van der Waals surface area contributed by atoms with Gasteiger partial charge in [0.1, 0.15) is 11.6 Å². The predicted molar refractivity (Wildman–Crippen MR) is 75.4 cm³/mol. The molecule has 0 aliphatic heterocycles. The van der Waals surface area contributed by atoms with Gasteiger partial charge >= 0.3 is 0 Å². The summed E-state index contributed by atoms with van der Waals surface area (Å²) in [5, 5.41) is 0. The number of rotatable bonds is 2. The molecule has 1 aliphatic rings.